The summed E-state index contributed by atoms with van der Waals surface area (Å²) in [6.07, 6.45) is 7.06. The molecule has 0 spiro atoms. The van der Waals surface area contributed by atoms with E-state index >= 15 is 0 Å². The SMILES string of the molecule is c1ccc2c(c1)CC1CCCN3CCCC2C13. The van der Waals surface area contributed by atoms with Crippen molar-refractivity contribution in [3.8, 4) is 0 Å². The summed E-state index contributed by atoms with van der Waals surface area (Å²) in [7, 11) is 0. The third kappa shape index (κ3) is 1.48. The van der Waals surface area contributed by atoms with Crippen molar-refractivity contribution < 1.29 is 0 Å². The number of rotatable bonds is 0. The molecule has 1 aromatic rings. The highest BCUT2D eigenvalue weighted by Crippen LogP contribution is 2.46. The van der Waals surface area contributed by atoms with Gasteiger partial charge in [-0.15, -0.1) is 0 Å². The molecule has 3 atom stereocenters. The standard InChI is InChI=1S/C16H21N/c1-2-7-14-12(5-1)11-13-6-3-9-17-10-4-8-15(14)16(13)17/h1-2,5,7,13,15-16H,3-4,6,8-11H2. The van der Waals surface area contributed by atoms with Crippen LogP contribution in [-0.2, 0) is 6.42 Å². The Morgan fingerprint density at radius 2 is 1.82 bits per heavy atom. The largest absolute Gasteiger partial charge is 0.299 e. The molecule has 90 valence electrons. The van der Waals surface area contributed by atoms with Crippen LogP contribution in [0.5, 0.6) is 0 Å². The minimum atomic E-state index is 0.846. The van der Waals surface area contributed by atoms with E-state index in [9.17, 15) is 0 Å². The summed E-state index contributed by atoms with van der Waals surface area (Å²) in [6.45, 7) is 2.72. The molecule has 1 nitrogen and oxygen atoms in total. The first-order valence-electron chi connectivity index (χ1n) is 7.25. The number of hydrogen-bond acceptors (Lipinski definition) is 1. The Hall–Kier alpha value is -0.820. The van der Waals surface area contributed by atoms with Crippen LogP contribution in [0, 0.1) is 5.92 Å². The van der Waals surface area contributed by atoms with Gasteiger partial charge in [-0.3, -0.25) is 4.90 Å². The average molecular weight is 227 g/mol. The minimum absolute atomic E-state index is 0.846. The summed E-state index contributed by atoms with van der Waals surface area (Å²) >= 11 is 0. The molecule has 0 N–H and O–H groups in total. The van der Waals surface area contributed by atoms with Gasteiger partial charge in [0, 0.05) is 12.0 Å². The van der Waals surface area contributed by atoms with E-state index in [1.54, 1.807) is 11.1 Å². The van der Waals surface area contributed by atoms with E-state index in [0.29, 0.717) is 0 Å². The van der Waals surface area contributed by atoms with Crippen molar-refractivity contribution in [3.63, 3.8) is 0 Å². The molecular weight excluding hydrogens is 206 g/mol. The van der Waals surface area contributed by atoms with E-state index in [0.717, 1.165) is 17.9 Å². The molecule has 0 aromatic heterocycles. The normalized spacial score (nSPS) is 36.1. The number of nitrogens with zero attached hydrogens (tertiary/aromatic N) is 1. The second-order valence-corrected chi connectivity index (χ2v) is 6.08. The van der Waals surface area contributed by atoms with Crippen LogP contribution in [0.15, 0.2) is 24.3 Å². The third-order valence-corrected chi connectivity index (χ3v) is 5.23. The maximum atomic E-state index is 2.80. The van der Waals surface area contributed by atoms with Gasteiger partial charge in [0.25, 0.3) is 0 Å². The lowest BCUT2D eigenvalue weighted by Gasteiger charge is -2.52. The minimum Gasteiger partial charge on any atom is -0.299 e. The summed E-state index contributed by atoms with van der Waals surface area (Å²) in [5.74, 6) is 1.79. The molecule has 17 heavy (non-hydrogen) atoms. The fourth-order valence-corrected chi connectivity index (χ4v) is 4.63. The summed E-state index contributed by atoms with van der Waals surface area (Å²) in [5.41, 5.74) is 3.34. The van der Waals surface area contributed by atoms with Crippen molar-refractivity contribution in [1.82, 2.24) is 4.90 Å². The molecule has 2 aliphatic heterocycles. The van der Waals surface area contributed by atoms with Crippen LogP contribution in [0.2, 0.25) is 0 Å². The van der Waals surface area contributed by atoms with E-state index in [2.05, 4.69) is 29.2 Å². The lowest BCUT2D eigenvalue weighted by atomic mass is 9.66. The molecule has 2 fully saturated rings. The predicted octanol–water partition coefficient (Wildman–Crippen LogP) is 3.20. The highest BCUT2D eigenvalue weighted by Gasteiger charge is 2.43. The van der Waals surface area contributed by atoms with E-state index in [1.165, 1.54) is 45.2 Å². The zero-order valence-electron chi connectivity index (χ0n) is 10.4. The van der Waals surface area contributed by atoms with Crippen LogP contribution in [0.4, 0.5) is 0 Å². The molecule has 1 heteroatoms. The van der Waals surface area contributed by atoms with Crippen LogP contribution < -0.4 is 0 Å². The van der Waals surface area contributed by atoms with Gasteiger partial charge < -0.3 is 0 Å². The summed E-state index contributed by atoms with van der Waals surface area (Å²) in [6, 6.07) is 10.1. The first-order valence-corrected chi connectivity index (χ1v) is 7.25. The quantitative estimate of drug-likeness (QED) is 0.658. The number of fused-ring (bicyclic) bond motifs is 2. The van der Waals surface area contributed by atoms with E-state index in [4.69, 9.17) is 0 Å². The zero-order chi connectivity index (χ0) is 11.2. The third-order valence-electron chi connectivity index (χ3n) is 5.23. The molecule has 3 aliphatic rings. The van der Waals surface area contributed by atoms with Crippen molar-refractivity contribution in [3.05, 3.63) is 35.4 Å². The van der Waals surface area contributed by atoms with Gasteiger partial charge in [0.15, 0.2) is 0 Å². The monoisotopic (exact) mass is 227 g/mol. The molecule has 0 saturated carbocycles. The molecule has 2 saturated heterocycles. The Balaban J connectivity index is 1.79. The van der Waals surface area contributed by atoms with Gasteiger partial charge in [0.05, 0.1) is 0 Å². The molecule has 1 aliphatic carbocycles. The highest BCUT2D eigenvalue weighted by atomic mass is 15.2. The highest BCUT2D eigenvalue weighted by molar-refractivity contribution is 5.36. The summed E-state index contributed by atoms with van der Waals surface area (Å²) in [4.78, 5) is 2.80. The van der Waals surface area contributed by atoms with Gasteiger partial charge in [-0.05, 0) is 62.2 Å². The van der Waals surface area contributed by atoms with Crippen molar-refractivity contribution in [2.75, 3.05) is 13.1 Å². The average Bonchev–Trinajstić information content (AvgIpc) is 2.39. The maximum Gasteiger partial charge on any atom is 0.0195 e. The molecule has 2 heterocycles. The number of piperidine rings is 2. The molecule has 1 aromatic carbocycles. The van der Waals surface area contributed by atoms with E-state index < -0.39 is 0 Å². The summed E-state index contributed by atoms with van der Waals surface area (Å²) in [5, 5.41) is 0. The topological polar surface area (TPSA) is 3.24 Å². The van der Waals surface area contributed by atoms with E-state index in [-0.39, 0.29) is 0 Å². The van der Waals surface area contributed by atoms with Crippen LogP contribution in [0.25, 0.3) is 0 Å². The van der Waals surface area contributed by atoms with Gasteiger partial charge >= 0.3 is 0 Å². The van der Waals surface area contributed by atoms with Gasteiger partial charge in [-0.2, -0.15) is 0 Å². The van der Waals surface area contributed by atoms with Crippen LogP contribution >= 0.6 is 0 Å². The Labute approximate surface area is 104 Å². The second kappa shape index (κ2) is 3.84. The molecule has 0 amide bonds. The van der Waals surface area contributed by atoms with Gasteiger partial charge in [0.1, 0.15) is 0 Å². The van der Waals surface area contributed by atoms with Crippen LogP contribution in [-0.4, -0.2) is 24.0 Å². The number of benzene rings is 1. The fraction of sp³-hybridized carbons (Fsp3) is 0.625. The smallest absolute Gasteiger partial charge is 0.0195 e. The van der Waals surface area contributed by atoms with Gasteiger partial charge in [-0.25, -0.2) is 0 Å². The van der Waals surface area contributed by atoms with Crippen molar-refractivity contribution in [2.45, 2.75) is 44.1 Å². The fourth-order valence-electron chi connectivity index (χ4n) is 4.63. The van der Waals surface area contributed by atoms with Crippen LogP contribution in [0.3, 0.4) is 0 Å². The summed E-state index contributed by atoms with van der Waals surface area (Å²) < 4.78 is 0. The molecular formula is C16H21N. The molecule has 0 radical (unpaired) electrons. The first kappa shape index (κ1) is 10.1. The van der Waals surface area contributed by atoms with Crippen LogP contribution in [0.1, 0.15) is 42.7 Å². The Morgan fingerprint density at radius 3 is 2.76 bits per heavy atom. The van der Waals surface area contributed by atoms with Gasteiger partial charge in [-0.1, -0.05) is 24.3 Å². The maximum absolute atomic E-state index is 2.80. The number of hydrogen-bond donors (Lipinski definition) is 0. The van der Waals surface area contributed by atoms with Gasteiger partial charge in [0.2, 0.25) is 0 Å². The van der Waals surface area contributed by atoms with Crippen molar-refractivity contribution in [2.24, 2.45) is 5.92 Å². The Bertz CT molecular complexity index is 423. The van der Waals surface area contributed by atoms with Crippen molar-refractivity contribution in [1.29, 1.82) is 0 Å². The first-order chi connectivity index (χ1) is 8.43. The predicted molar refractivity (Wildman–Crippen MR) is 70.2 cm³/mol. The molecule has 0 bridgehead atoms. The Kier molecular flexibility index (Phi) is 2.29. The Morgan fingerprint density at radius 1 is 1.00 bits per heavy atom. The second-order valence-electron chi connectivity index (χ2n) is 6.08. The molecule has 4 rings (SSSR count). The van der Waals surface area contributed by atoms with Crippen molar-refractivity contribution >= 4 is 0 Å². The van der Waals surface area contributed by atoms with E-state index in [1.807, 2.05) is 0 Å². The zero-order valence-corrected chi connectivity index (χ0v) is 10.4. The molecule has 3 unspecified atom stereocenters. The lowest BCUT2D eigenvalue weighted by molar-refractivity contribution is 0.0350. The lowest BCUT2D eigenvalue weighted by Crippen LogP contribution is -2.54.